The van der Waals surface area contributed by atoms with Gasteiger partial charge in [0.15, 0.2) is 0 Å². The standard InChI is InChI=1S/C16H34N2/c1-3-5-7-10-16(11-8-6-4-2)18-14-9-12-17-13-15-18/h16-17H,3-15H2,1-2H3. The maximum absolute atomic E-state index is 3.52. The van der Waals surface area contributed by atoms with E-state index in [9.17, 15) is 0 Å². The van der Waals surface area contributed by atoms with Crippen LogP contribution in [0.25, 0.3) is 0 Å². The van der Waals surface area contributed by atoms with Crippen molar-refractivity contribution in [1.82, 2.24) is 10.2 Å². The Labute approximate surface area is 115 Å². The van der Waals surface area contributed by atoms with Gasteiger partial charge in [0.2, 0.25) is 0 Å². The fourth-order valence-corrected chi connectivity index (χ4v) is 3.00. The summed E-state index contributed by atoms with van der Waals surface area (Å²) in [6.45, 7) is 9.61. The second-order valence-electron chi connectivity index (χ2n) is 5.78. The molecular formula is C16H34N2. The topological polar surface area (TPSA) is 15.3 Å². The van der Waals surface area contributed by atoms with Gasteiger partial charge in [0, 0.05) is 19.1 Å². The van der Waals surface area contributed by atoms with Crippen molar-refractivity contribution in [2.75, 3.05) is 26.2 Å². The summed E-state index contributed by atoms with van der Waals surface area (Å²) in [6, 6.07) is 0.864. The lowest BCUT2D eigenvalue weighted by atomic mass is 10.00. The molecule has 0 unspecified atom stereocenters. The van der Waals surface area contributed by atoms with E-state index in [1.54, 1.807) is 0 Å². The van der Waals surface area contributed by atoms with Crippen molar-refractivity contribution < 1.29 is 0 Å². The van der Waals surface area contributed by atoms with Crippen molar-refractivity contribution in [3.05, 3.63) is 0 Å². The van der Waals surface area contributed by atoms with Gasteiger partial charge in [0.25, 0.3) is 0 Å². The number of nitrogens with zero attached hydrogens (tertiary/aromatic N) is 1. The van der Waals surface area contributed by atoms with E-state index in [2.05, 4.69) is 24.1 Å². The fourth-order valence-electron chi connectivity index (χ4n) is 3.00. The van der Waals surface area contributed by atoms with Crippen molar-refractivity contribution in [2.45, 2.75) is 77.7 Å². The summed E-state index contributed by atoms with van der Waals surface area (Å²) >= 11 is 0. The van der Waals surface area contributed by atoms with Gasteiger partial charge >= 0.3 is 0 Å². The van der Waals surface area contributed by atoms with Crippen LogP contribution in [0.2, 0.25) is 0 Å². The molecule has 108 valence electrons. The lowest BCUT2D eigenvalue weighted by molar-refractivity contribution is 0.181. The minimum Gasteiger partial charge on any atom is -0.315 e. The Morgan fingerprint density at radius 3 is 2.17 bits per heavy atom. The van der Waals surface area contributed by atoms with E-state index in [0.717, 1.165) is 6.04 Å². The minimum absolute atomic E-state index is 0.864. The molecule has 1 heterocycles. The molecule has 1 rings (SSSR count). The lowest BCUT2D eigenvalue weighted by Gasteiger charge is -2.30. The van der Waals surface area contributed by atoms with Gasteiger partial charge in [-0.05, 0) is 32.4 Å². The Hall–Kier alpha value is -0.0800. The Balaban J connectivity index is 2.34. The van der Waals surface area contributed by atoms with Crippen LogP contribution in [0.1, 0.15) is 71.6 Å². The Morgan fingerprint density at radius 2 is 1.56 bits per heavy atom. The Bertz CT molecular complexity index is 164. The van der Waals surface area contributed by atoms with Crippen LogP contribution >= 0.6 is 0 Å². The molecule has 1 aliphatic rings. The maximum atomic E-state index is 3.52. The highest BCUT2D eigenvalue weighted by atomic mass is 15.2. The molecule has 0 atom stereocenters. The molecule has 0 radical (unpaired) electrons. The highest BCUT2D eigenvalue weighted by molar-refractivity contribution is 4.75. The molecule has 0 bridgehead atoms. The van der Waals surface area contributed by atoms with Crippen molar-refractivity contribution in [2.24, 2.45) is 0 Å². The summed E-state index contributed by atoms with van der Waals surface area (Å²) in [6.07, 6.45) is 12.6. The molecule has 0 saturated carbocycles. The first-order valence-corrected chi connectivity index (χ1v) is 8.33. The average Bonchev–Trinajstić information content (AvgIpc) is 2.66. The molecule has 0 aliphatic carbocycles. The zero-order valence-electron chi connectivity index (χ0n) is 12.7. The molecule has 0 aromatic heterocycles. The monoisotopic (exact) mass is 254 g/mol. The average molecular weight is 254 g/mol. The summed E-state index contributed by atoms with van der Waals surface area (Å²) in [5, 5.41) is 3.52. The van der Waals surface area contributed by atoms with Gasteiger partial charge in [-0.2, -0.15) is 0 Å². The third kappa shape index (κ3) is 6.75. The summed E-state index contributed by atoms with van der Waals surface area (Å²) in [5.74, 6) is 0. The van der Waals surface area contributed by atoms with E-state index < -0.39 is 0 Å². The van der Waals surface area contributed by atoms with Crippen LogP contribution < -0.4 is 5.32 Å². The molecule has 0 aromatic rings. The zero-order chi connectivity index (χ0) is 13.1. The number of hydrogen-bond acceptors (Lipinski definition) is 2. The molecule has 0 aromatic carbocycles. The largest absolute Gasteiger partial charge is 0.315 e. The van der Waals surface area contributed by atoms with Crippen molar-refractivity contribution >= 4 is 0 Å². The Kier molecular flexibility index (Phi) is 9.59. The third-order valence-electron chi connectivity index (χ3n) is 4.17. The van der Waals surface area contributed by atoms with Crippen LogP contribution in [0.3, 0.4) is 0 Å². The predicted molar refractivity (Wildman–Crippen MR) is 81.1 cm³/mol. The van der Waals surface area contributed by atoms with Gasteiger partial charge in [-0.15, -0.1) is 0 Å². The normalized spacial score (nSPS) is 18.2. The molecule has 1 aliphatic heterocycles. The van der Waals surface area contributed by atoms with E-state index in [1.165, 1.54) is 84.0 Å². The first-order chi connectivity index (χ1) is 8.88. The highest BCUT2D eigenvalue weighted by Crippen LogP contribution is 2.17. The van der Waals surface area contributed by atoms with Crippen molar-refractivity contribution in [3.8, 4) is 0 Å². The Morgan fingerprint density at radius 1 is 0.889 bits per heavy atom. The summed E-state index contributed by atoms with van der Waals surface area (Å²) in [4.78, 5) is 2.77. The van der Waals surface area contributed by atoms with E-state index in [1.807, 2.05) is 0 Å². The number of unbranched alkanes of at least 4 members (excludes halogenated alkanes) is 4. The molecule has 1 saturated heterocycles. The van der Waals surface area contributed by atoms with Crippen molar-refractivity contribution in [3.63, 3.8) is 0 Å². The quantitative estimate of drug-likeness (QED) is 0.629. The van der Waals surface area contributed by atoms with Crippen LogP contribution in [0.4, 0.5) is 0 Å². The summed E-state index contributed by atoms with van der Waals surface area (Å²) < 4.78 is 0. The van der Waals surface area contributed by atoms with Gasteiger partial charge in [-0.1, -0.05) is 52.4 Å². The van der Waals surface area contributed by atoms with Crippen molar-refractivity contribution in [1.29, 1.82) is 0 Å². The summed E-state index contributed by atoms with van der Waals surface area (Å²) in [5.41, 5.74) is 0. The van der Waals surface area contributed by atoms with Crippen LogP contribution in [-0.4, -0.2) is 37.1 Å². The predicted octanol–water partition coefficient (Wildman–Crippen LogP) is 3.81. The molecule has 1 N–H and O–H groups in total. The van der Waals surface area contributed by atoms with Gasteiger partial charge in [-0.3, -0.25) is 4.90 Å². The SMILES string of the molecule is CCCCCC(CCCCC)N1CCCNCC1. The van der Waals surface area contributed by atoms with Gasteiger partial charge < -0.3 is 5.32 Å². The van der Waals surface area contributed by atoms with Crippen LogP contribution in [0.15, 0.2) is 0 Å². The smallest absolute Gasteiger partial charge is 0.0110 e. The molecule has 0 spiro atoms. The van der Waals surface area contributed by atoms with Gasteiger partial charge in [0.1, 0.15) is 0 Å². The number of rotatable bonds is 9. The van der Waals surface area contributed by atoms with Gasteiger partial charge in [0.05, 0.1) is 0 Å². The number of hydrogen-bond donors (Lipinski definition) is 1. The number of nitrogens with one attached hydrogen (secondary N) is 1. The van der Waals surface area contributed by atoms with E-state index in [0.29, 0.717) is 0 Å². The van der Waals surface area contributed by atoms with E-state index in [-0.39, 0.29) is 0 Å². The third-order valence-corrected chi connectivity index (χ3v) is 4.17. The highest BCUT2D eigenvalue weighted by Gasteiger charge is 2.18. The molecule has 2 heteroatoms. The maximum Gasteiger partial charge on any atom is 0.0110 e. The zero-order valence-corrected chi connectivity index (χ0v) is 12.7. The second kappa shape index (κ2) is 10.8. The summed E-state index contributed by atoms with van der Waals surface area (Å²) in [7, 11) is 0. The van der Waals surface area contributed by atoms with Gasteiger partial charge in [-0.25, -0.2) is 0 Å². The van der Waals surface area contributed by atoms with Crippen LogP contribution in [-0.2, 0) is 0 Å². The first-order valence-electron chi connectivity index (χ1n) is 8.33. The van der Waals surface area contributed by atoms with Crippen LogP contribution in [0.5, 0.6) is 0 Å². The van der Waals surface area contributed by atoms with Crippen LogP contribution in [0, 0.1) is 0 Å². The minimum atomic E-state index is 0.864. The fraction of sp³-hybridized carbons (Fsp3) is 1.00. The lowest BCUT2D eigenvalue weighted by Crippen LogP contribution is -2.38. The molecular weight excluding hydrogens is 220 g/mol. The van der Waals surface area contributed by atoms with E-state index >= 15 is 0 Å². The molecule has 0 amide bonds. The molecule has 2 nitrogen and oxygen atoms in total. The molecule has 18 heavy (non-hydrogen) atoms. The van der Waals surface area contributed by atoms with E-state index in [4.69, 9.17) is 0 Å². The second-order valence-corrected chi connectivity index (χ2v) is 5.78. The first kappa shape index (κ1) is 16.0. The molecule has 1 fully saturated rings.